The average molecular weight is 229 g/mol. The molecule has 1 rings (SSSR count). The summed E-state index contributed by atoms with van der Waals surface area (Å²) in [5.41, 5.74) is 0.678. The molecule has 1 amide bonds. The topological polar surface area (TPSA) is 46.3 Å². The maximum absolute atomic E-state index is 10.8. The van der Waals surface area contributed by atoms with E-state index in [4.69, 9.17) is 5.84 Å². The predicted octanol–water partition coefficient (Wildman–Crippen LogP) is 1.68. The van der Waals surface area contributed by atoms with Crippen LogP contribution >= 0.6 is 15.9 Å². The number of nitrogens with zero attached hydrogens (tertiary/aromatic N) is 1. The van der Waals surface area contributed by atoms with Gasteiger partial charge in [-0.05, 0) is 18.2 Å². The molecular formula is C8H9BrN2O. The summed E-state index contributed by atoms with van der Waals surface area (Å²) in [6.07, 6.45) is 0. The van der Waals surface area contributed by atoms with Gasteiger partial charge in [-0.3, -0.25) is 4.79 Å². The van der Waals surface area contributed by atoms with Gasteiger partial charge in [0.2, 0.25) is 5.91 Å². The third-order valence-electron chi connectivity index (χ3n) is 1.43. The maximum atomic E-state index is 10.8. The number of benzene rings is 1. The highest BCUT2D eigenvalue weighted by molar-refractivity contribution is 9.10. The van der Waals surface area contributed by atoms with Crippen LogP contribution in [-0.4, -0.2) is 5.91 Å². The van der Waals surface area contributed by atoms with Crippen LogP contribution in [-0.2, 0) is 4.79 Å². The molecule has 0 aliphatic heterocycles. The van der Waals surface area contributed by atoms with Gasteiger partial charge in [0.15, 0.2) is 0 Å². The first-order valence-electron chi connectivity index (χ1n) is 3.42. The van der Waals surface area contributed by atoms with Gasteiger partial charge in [0.25, 0.3) is 0 Å². The lowest BCUT2D eigenvalue weighted by Crippen LogP contribution is -2.35. The summed E-state index contributed by atoms with van der Waals surface area (Å²) in [7, 11) is 0. The van der Waals surface area contributed by atoms with Gasteiger partial charge in [-0.1, -0.05) is 22.0 Å². The van der Waals surface area contributed by atoms with Crippen LogP contribution in [0.15, 0.2) is 28.7 Å². The molecule has 0 aromatic heterocycles. The van der Waals surface area contributed by atoms with Crippen molar-refractivity contribution in [3.05, 3.63) is 28.7 Å². The molecule has 64 valence electrons. The van der Waals surface area contributed by atoms with Crippen molar-refractivity contribution in [2.75, 3.05) is 5.01 Å². The Morgan fingerprint density at radius 2 is 2.25 bits per heavy atom. The molecule has 0 aliphatic carbocycles. The third kappa shape index (κ3) is 2.06. The Morgan fingerprint density at radius 3 is 2.75 bits per heavy atom. The van der Waals surface area contributed by atoms with Crippen molar-refractivity contribution in [1.29, 1.82) is 0 Å². The number of rotatable bonds is 1. The zero-order chi connectivity index (χ0) is 9.14. The predicted molar refractivity (Wildman–Crippen MR) is 51.5 cm³/mol. The molecule has 0 saturated carbocycles. The summed E-state index contributed by atoms with van der Waals surface area (Å²) in [6, 6.07) is 7.24. The molecule has 0 saturated heterocycles. The minimum atomic E-state index is -0.187. The second-order valence-electron chi connectivity index (χ2n) is 2.37. The Bertz CT molecular complexity index is 301. The van der Waals surface area contributed by atoms with E-state index in [-0.39, 0.29) is 5.91 Å². The fourth-order valence-corrected chi connectivity index (χ4v) is 1.19. The van der Waals surface area contributed by atoms with E-state index < -0.39 is 0 Å². The molecule has 3 nitrogen and oxygen atoms in total. The van der Waals surface area contributed by atoms with Crippen LogP contribution in [0.4, 0.5) is 5.69 Å². The molecule has 4 heteroatoms. The van der Waals surface area contributed by atoms with E-state index in [1.807, 2.05) is 12.1 Å². The Labute approximate surface area is 79.3 Å². The lowest BCUT2D eigenvalue weighted by molar-refractivity contribution is -0.116. The average Bonchev–Trinajstić information content (AvgIpc) is 2.03. The zero-order valence-electron chi connectivity index (χ0n) is 6.62. The fraction of sp³-hybridized carbons (Fsp3) is 0.125. The number of halogens is 1. The maximum Gasteiger partial charge on any atom is 0.238 e. The van der Waals surface area contributed by atoms with E-state index in [2.05, 4.69) is 15.9 Å². The van der Waals surface area contributed by atoms with Gasteiger partial charge in [-0.2, -0.15) is 0 Å². The SMILES string of the molecule is CC(=O)N(N)c1cccc(Br)c1. The molecule has 1 aromatic carbocycles. The zero-order valence-corrected chi connectivity index (χ0v) is 8.21. The van der Waals surface area contributed by atoms with E-state index in [0.717, 1.165) is 9.48 Å². The van der Waals surface area contributed by atoms with Gasteiger partial charge < -0.3 is 0 Å². The molecule has 12 heavy (non-hydrogen) atoms. The molecular weight excluding hydrogens is 220 g/mol. The Balaban J connectivity index is 2.95. The summed E-state index contributed by atoms with van der Waals surface area (Å²) in [4.78, 5) is 10.8. The van der Waals surface area contributed by atoms with E-state index in [1.54, 1.807) is 12.1 Å². The summed E-state index contributed by atoms with van der Waals surface area (Å²) in [6.45, 7) is 1.42. The number of anilines is 1. The minimum absolute atomic E-state index is 0.187. The van der Waals surface area contributed by atoms with Crippen molar-refractivity contribution in [3.63, 3.8) is 0 Å². The van der Waals surface area contributed by atoms with Crippen LogP contribution < -0.4 is 10.9 Å². The standard InChI is InChI=1S/C8H9BrN2O/c1-6(12)11(10)8-4-2-3-7(9)5-8/h2-5H,10H2,1H3. The highest BCUT2D eigenvalue weighted by Crippen LogP contribution is 2.17. The second-order valence-corrected chi connectivity index (χ2v) is 3.28. The van der Waals surface area contributed by atoms with Crippen molar-refractivity contribution < 1.29 is 4.79 Å². The number of carbonyl (C=O) groups excluding carboxylic acids is 1. The van der Waals surface area contributed by atoms with Gasteiger partial charge in [-0.15, -0.1) is 0 Å². The lowest BCUT2D eigenvalue weighted by atomic mass is 10.3. The number of nitrogens with two attached hydrogens (primary N) is 1. The van der Waals surface area contributed by atoms with Crippen LogP contribution in [0.2, 0.25) is 0 Å². The first-order valence-corrected chi connectivity index (χ1v) is 4.21. The second kappa shape index (κ2) is 3.69. The molecule has 2 N–H and O–H groups in total. The van der Waals surface area contributed by atoms with Gasteiger partial charge in [0.1, 0.15) is 0 Å². The molecule has 0 spiro atoms. The van der Waals surface area contributed by atoms with Gasteiger partial charge in [0.05, 0.1) is 5.69 Å². The Hall–Kier alpha value is -0.870. The van der Waals surface area contributed by atoms with Gasteiger partial charge in [-0.25, -0.2) is 10.9 Å². The molecule has 0 bridgehead atoms. The minimum Gasteiger partial charge on any atom is -0.273 e. The van der Waals surface area contributed by atoms with Crippen molar-refractivity contribution in [2.24, 2.45) is 5.84 Å². The monoisotopic (exact) mass is 228 g/mol. The van der Waals surface area contributed by atoms with E-state index in [9.17, 15) is 4.79 Å². The molecule has 0 aliphatic rings. The highest BCUT2D eigenvalue weighted by Gasteiger charge is 2.05. The van der Waals surface area contributed by atoms with E-state index in [0.29, 0.717) is 5.69 Å². The van der Waals surface area contributed by atoms with Crippen LogP contribution in [0.5, 0.6) is 0 Å². The van der Waals surface area contributed by atoms with Crippen molar-refractivity contribution in [1.82, 2.24) is 0 Å². The van der Waals surface area contributed by atoms with Crippen LogP contribution in [0.3, 0.4) is 0 Å². The van der Waals surface area contributed by atoms with E-state index >= 15 is 0 Å². The first kappa shape index (κ1) is 9.22. The number of hydrazine groups is 1. The number of hydrogen-bond acceptors (Lipinski definition) is 2. The summed E-state index contributed by atoms with van der Waals surface area (Å²) >= 11 is 3.29. The lowest BCUT2D eigenvalue weighted by Gasteiger charge is -2.13. The van der Waals surface area contributed by atoms with Crippen LogP contribution in [0, 0.1) is 0 Å². The summed E-state index contributed by atoms with van der Waals surface area (Å²) in [5.74, 6) is 5.28. The fourth-order valence-electron chi connectivity index (χ4n) is 0.808. The van der Waals surface area contributed by atoms with Crippen LogP contribution in [0.25, 0.3) is 0 Å². The summed E-state index contributed by atoms with van der Waals surface area (Å²) < 4.78 is 0.900. The normalized spacial score (nSPS) is 9.58. The molecule has 0 fully saturated rings. The first-order chi connectivity index (χ1) is 5.61. The van der Waals surface area contributed by atoms with Crippen molar-refractivity contribution >= 4 is 27.5 Å². The van der Waals surface area contributed by atoms with Crippen molar-refractivity contribution in [2.45, 2.75) is 6.92 Å². The number of hydrogen-bond donors (Lipinski definition) is 1. The quantitative estimate of drug-likeness (QED) is 0.452. The number of amides is 1. The van der Waals surface area contributed by atoms with Gasteiger partial charge >= 0.3 is 0 Å². The van der Waals surface area contributed by atoms with Crippen molar-refractivity contribution in [3.8, 4) is 0 Å². The Morgan fingerprint density at radius 1 is 1.58 bits per heavy atom. The molecule has 0 unspecified atom stereocenters. The van der Waals surface area contributed by atoms with Gasteiger partial charge in [0, 0.05) is 11.4 Å². The largest absolute Gasteiger partial charge is 0.273 e. The molecule has 0 radical (unpaired) electrons. The molecule has 0 heterocycles. The number of carbonyl (C=O) groups is 1. The molecule has 1 aromatic rings. The third-order valence-corrected chi connectivity index (χ3v) is 1.92. The smallest absolute Gasteiger partial charge is 0.238 e. The highest BCUT2D eigenvalue weighted by atomic mass is 79.9. The molecule has 0 atom stereocenters. The summed E-state index contributed by atoms with van der Waals surface area (Å²) in [5, 5.41) is 1.10. The Kier molecular flexibility index (Phi) is 2.83. The van der Waals surface area contributed by atoms with Crippen LogP contribution in [0.1, 0.15) is 6.92 Å². The van der Waals surface area contributed by atoms with E-state index in [1.165, 1.54) is 6.92 Å².